The summed E-state index contributed by atoms with van der Waals surface area (Å²) in [6.45, 7) is 0.615. The lowest BCUT2D eigenvalue weighted by Gasteiger charge is -2.23. The fraction of sp³-hybridized carbons (Fsp3) is 0.333. The molecule has 9 nitrogen and oxygen atoms in total. The van der Waals surface area contributed by atoms with Crippen molar-refractivity contribution in [3.8, 4) is 11.8 Å². The zero-order chi connectivity index (χ0) is 26.4. The van der Waals surface area contributed by atoms with Crippen LogP contribution in [0.2, 0.25) is 4.34 Å². The molecular weight excluding hydrogens is 524 g/mol. The highest BCUT2D eigenvalue weighted by atomic mass is 35.5. The number of aliphatic hydroxyl groups excluding tert-OH is 2. The molecule has 3 aromatic heterocycles. The van der Waals surface area contributed by atoms with Crippen LogP contribution in [0.5, 0.6) is 0 Å². The smallest absolute Gasteiger partial charge is 0.229 e. The van der Waals surface area contributed by atoms with Crippen molar-refractivity contribution in [3.63, 3.8) is 0 Å². The van der Waals surface area contributed by atoms with Gasteiger partial charge in [-0.05, 0) is 42.4 Å². The maximum absolute atomic E-state index is 12.6. The number of anilines is 1. The van der Waals surface area contributed by atoms with Gasteiger partial charge in [0.2, 0.25) is 11.7 Å². The Kier molecular flexibility index (Phi) is 6.32. The van der Waals surface area contributed by atoms with Crippen molar-refractivity contribution in [1.29, 1.82) is 0 Å². The van der Waals surface area contributed by atoms with Crippen molar-refractivity contribution in [2.75, 3.05) is 18.9 Å². The molecule has 11 heteroatoms. The Bertz CT molecular complexity index is 1580. The highest BCUT2D eigenvalue weighted by Crippen LogP contribution is 2.67. The third kappa shape index (κ3) is 4.12. The summed E-state index contributed by atoms with van der Waals surface area (Å²) in [5, 5.41) is 27.8. The van der Waals surface area contributed by atoms with Gasteiger partial charge in [0.15, 0.2) is 17.0 Å². The van der Waals surface area contributed by atoms with Crippen LogP contribution >= 0.6 is 22.9 Å². The van der Waals surface area contributed by atoms with Crippen LogP contribution < -0.4 is 10.6 Å². The number of fused-ring (bicyclic) bond motifs is 2. The highest BCUT2D eigenvalue weighted by Gasteiger charge is 2.75. The number of imidazole rings is 1. The average Bonchev–Trinajstić information content (AvgIpc) is 3.17. The van der Waals surface area contributed by atoms with Crippen molar-refractivity contribution >= 4 is 45.8 Å². The van der Waals surface area contributed by atoms with Crippen LogP contribution in [-0.2, 0) is 11.2 Å². The van der Waals surface area contributed by atoms with E-state index in [1.54, 1.807) is 17.0 Å². The van der Waals surface area contributed by atoms with E-state index in [1.165, 1.54) is 23.9 Å². The fourth-order valence-electron chi connectivity index (χ4n) is 5.57. The largest absolute Gasteiger partial charge is 0.389 e. The number of hydrogen-bond donors (Lipinski definition) is 4. The summed E-state index contributed by atoms with van der Waals surface area (Å²) in [7, 11) is 1.54. The predicted molar refractivity (Wildman–Crippen MR) is 145 cm³/mol. The summed E-state index contributed by atoms with van der Waals surface area (Å²) in [4.78, 5) is 27.3. The number of aromatic nitrogens is 4. The van der Waals surface area contributed by atoms with E-state index in [-0.39, 0.29) is 17.6 Å². The molecule has 2 aliphatic rings. The summed E-state index contributed by atoms with van der Waals surface area (Å²) < 4.78 is 2.40. The molecule has 0 saturated heterocycles. The third-order valence-electron chi connectivity index (χ3n) is 7.48. The molecule has 2 aliphatic carbocycles. The van der Waals surface area contributed by atoms with Crippen molar-refractivity contribution < 1.29 is 15.0 Å². The van der Waals surface area contributed by atoms with Crippen LogP contribution in [0.15, 0.2) is 48.8 Å². The summed E-state index contributed by atoms with van der Waals surface area (Å²) in [6.07, 6.45) is 0.538. The van der Waals surface area contributed by atoms with E-state index in [2.05, 4.69) is 49.6 Å². The average molecular weight is 549 g/mol. The van der Waals surface area contributed by atoms with Gasteiger partial charge >= 0.3 is 0 Å². The maximum Gasteiger partial charge on any atom is 0.229 e. The number of rotatable bonds is 6. The minimum absolute atomic E-state index is 0.239. The van der Waals surface area contributed by atoms with Gasteiger partial charge in [0.25, 0.3) is 0 Å². The first-order valence-corrected chi connectivity index (χ1v) is 13.5. The van der Waals surface area contributed by atoms with E-state index in [0.717, 1.165) is 11.3 Å². The molecule has 4 N–H and O–H groups in total. The molecule has 0 aliphatic heterocycles. The Morgan fingerprint density at radius 3 is 2.76 bits per heavy atom. The molecule has 1 aromatic carbocycles. The molecule has 0 bridgehead atoms. The molecule has 1 amide bonds. The summed E-state index contributed by atoms with van der Waals surface area (Å²) in [6, 6.07) is 13.2. The van der Waals surface area contributed by atoms with Crippen molar-refractivity contribution in [2.45, 2.75) is 31.1 Å². The van der Waals surface area contributed by atoms with Crippen LogP contribution in [0.3, 0.4) is 0 Å². The summed E-state index contributed by atoms with van der Waals surface area (Å²) in [5.41, 5.74) is 1.20. The predicted octanol–water partition coefficient (Wildman–Crippen LogP) is 2.62. The third-order valence-corrected chi connectivity index (χ3v) is 8.63. The van der Waals surface area contributed by atoms with Crippen LogP contribution in [0.1, 0.15) is 28.7 Å². The van der Waals surface area contributed by atoms with E-state index in [9.17, 15) is 15.0 Å². The van der Waals surface area contributed by atoms with E-state index < -0.39 is 23.7 Å². The van der Waals surface area contributed by atoms with Gasteiger partial charge in [-0.1, -0.05) is 41.9 Å². The molecule has 0 radical (unpaired) electrons. The first-order valence-electron chi connectivity index (χ1n) is 12.3. The first-order chi connectivity index (χ1) is 18.4. The number of benzene rings is 1. The monoisotopic (exact) mass is 548 g/mol. The summed E-state index contributed by atoms with van der Waals surface area (Å²) in [5.74, 6) is 6.39. The number of carbonyl (C=O) groups is 1. The molecular formula is C27H25ClN6O3S. The van der Waals surface area contributed by atoms with Gasteiger partial charge in [-0.2, -0.15) is 0 Å². The standard InChI is InChI=1S/C27H25ClN6O3S/c1-29-26(37)27-13-17(27)21(22(35)23(27)36)34-14-31-20-24(30-12-11-15-5-3-2-4-6-15)32-19(33-25(20)34)10-8-16-7-9-18(28)38-16/h2-7,9,14,17,21-23,35-36H,11-13H2,1H3,(H,29,37)(H,30,32,33)/t17?,21-,22+,23+,27+/m1/s1. The number of halogens is 1. The van der Waals surface area contributed by atoms with Crippen LogP contribution in [-0.4, -0.2) is 61.4 Å². The van der Waals surface area contributed by atoms with Crippen LogP contribution in [0.4, 0.5) is 5.82 Å². The van der Waals surface area contributed by atoms with E-state index in [4.69, 9.17) is 11.6 Å². The SMILES string of the molecule is CNC(=O)[C@@]12CC1[C@@H](n1cnc3c(NCCc4ccccc4)nc(C#Cc4ccc(Cl)s4)nc31)[C@H](O)[C@@H]2O. The molecule has 4 aromatic rings. The molecule has 38 heavy (non-hydrogen) atoms. The molecule has 2 fully saturated rings. The number of carbonyl (C=O) groups excluding carboxylic acids is 1. The Morgan fingerprint density at radius 2 is 2.03 bits per heavy atom. The zero-order valence-electron chi connectivity index (χ0n) is 20.4. The molecule has 3 heterocycles. The van der Waals surface area contributed by atoms with Crippen molar-refractivity contribution in [3.05, 3.63) is 69.4 Å². The van der Waals surface area contributed by atoms with Crippen molar-refractivity contribution in [2.24, 2.45) is 11.3 Å². The number of thiophene rings is 1. The zero-order valence-corrected chi connectivity index (χ0v) is 22.0. The highest BCUT2D eigenvalue weighted by molar-refractivity contribution is 7.16. The number of amides is 1. The molecule has 2 saturated carbocycles. The normalized spacial score (nSPS) is 25.5. The van der Waals surface area contributed by atoms with Gasteiger partial charge in [0.1, 0.15) is 6.10 Å². The maximum atomic E-state index is 12.6. The number of hydrogen-bond acceptors (Lipinski definition) is 8. The Balaban J connectivity index is 1.37. The van der Waals surface area contributed by atoms with Gasteiger partial charge in [-0.15, -0.1) is 11.3 Å². The molecule has 5 atom stereocenters. The number of aliphatic hydroxyl groups is 2. The fourth-order valence-corrected chi connectivity index (χ4v) is 6.47. The second kappa shape index (κ2) is 9.67. The Morgan fingerprint density at radius 1 is 1.21 bits per heavy atom. The lowest BCUT2D eigenvalue weighted by molar-refractivity contribution is -0.132. The summed E-state index contributed by atoms with van der Waals surface area (Å²) >= 11 is 7.41. The lowest BCUT2D eigenvalue weighted by Crippen LogP contribution is -2.41. The molecule has 0 spiro atoms. The topological polar surface area (TPSA) is 125 Å². The quantitative estimate of drug-likeness (QED) is 0.273. The van der Waals surface area contributed by atoms with Gasteiger partial charge in [-0.3, -0.25) is 4.79 Å². The van der Waals surface area contributed by atoms with Gasteiger partial charge in [0.05, 0.1) is 33.1 Å². The Hall–Kier alpha value is -3.49. The van der Waals surface area contributed by atoms with E-state index in [1.807, 2.05) is 24.3 Å². The van der Waals surface area contributed by atoms with Gasteiger partial charge in [-0.25, -0.2) is 15.0 Å². The van der Waals surface area contributed by atoms with E-state index in [0.29, 0.717) is 34.3 Å². The lowest BCUT2D eigenvalue weighted by atomic mass is 9.98. The van der Waals surface area contributed by atoms with Crippen LogP contribution in [0, 0.1) is 23.2 Å². The number of nitrogens with zero attached hydrogens (tertiary/aromatic N) is 4. The second-order valence-corrected chi connectivity index (χ2v) is 11.3. The first kappa shape index (κ1) is 24.8. The molecule has 1 unspecified atom stereocenters. The van der Waals surface area contributed by atoms with E-state index >= 15 is 0 Å². The second-order valence-electron chi connectivity index (χ2n) is 9.59. The van der Waals surface area contributed by atoms with Crippen LogP contribution in [0.25, 0.3) is 11.2 Å². The molecule has 6 rings (SSSR count). The Labute approximate surface area is 227 Å². The van der Waals surface area contributed by atoms with Gasteiger partial charge in [0, 0.05) is 19.5 Å². The minimum atomic E-state index is -1.18. The number of nitrogens with one attached hydrogen (secondary N) is 2. The van der Waals surface area contributed by atoms with Crippen molar-refractivity contribution in [1.82, 2.24) is 24.8 Å². The minimum Gasteiger partial charge on any atom is -0.389 e. The van der Waals surface area contributed by atoms with Gasteiger partial charge < -0.3 is 25.4 Å². The molecule has 194 valence electrons.